The van der Waals surface area contributed by atoms with Gasteiger partial charge in [0.05, 0.1) is 18.3 Å². The van der Waals surface area contributed by atoms with Gasteiger partial charge in [-0.2, -0.15) is 0 Å². The quantitative estimate of drug-likeness (QED) is 0.240. The van der Waals surface area contributed by atoms with E-state index in [1.165, 1.54) is 19.3 Å². The number of allylic oxidation sites excluding steroid dienone is 1. The fraction of sp³-hybridized carbons (Fsp3) is 0.722. The zero-order chi connectivity index (χ0) is 18.2. The molecule has 0 heterocycles. The maximum absolute atomic E-state index is 10.4. The largest absolute Gasteiger partial charge is 0.481 e. The average molecular weight is 344 g/mol. The van der Waals surface area contributed by atoms with Crippen molar-refractivity contribution in [3.63, 3.8) is 0 Å². The standard InChI is InChI=1S/C18H32O6/c1-3-4-5-6-10-17(24-14-23-2)16(20)13-12-15(19)9-7-8-11-18(21)22/h5-6,12-13,15-17,19-20H,3-4,7-11,14H2,1-2H3,(H,21,22)/b6-5-,13-12+/t15-,16-,17+/m1/s1. The number of aliphatic carboxylic acids is 1. The maximum Gasteiger partial charge on any atom is 0.303 e. The minimum Gasteiger partial charge on any atom is -0.481 e. The molecular formula is C18H32O6. The molecule has 0 spiro atoms. The van der Waals surface area contributed by atoms with E-state index in [1.807, 2.05) is 6.08 Å². The van der Waals surface area contributed by atoms with Crippen LogP contribution in [-0.2, 0) is 14.3 Å². The van der Waals surface area contributed by atoms with Crippen molar-refractivity contribution >= 4 is 5.97 Å². The van der Waals surface area contributed by atoms with E-state index in [2.05, 4.69) is 13.0 Å². The summed E-state index contributed by atoms with van der Waals surface area (Å²) in [6, 6.07) is 0. The number of carbonyl (C=O) groups is 1. The monoisotopic (exact) mass is 344 g/mol. The first-order valence-corrected chi connectivity index (χ1v) is 8.53. The molecule has 0 aromatic rings. The highest BCUT2D eigenvalue weighted by Crippen LogP contribution is 2.11. The first kappa shape index (κ1) is 22.8. The fourth-order valence-corrected chi connectivity index (χ4v) is 2.07. The van der Waals surface area contributed by atoms with E-state index in [0.29, 0.717) is 25.7 Å². The predicted molar refractivity (Wildman–Crippen MR) is 92.7 cm³/mol. The molecule has 3 atom stereocenters. The van der Waals surface area contributed by atoms with Crippen molar-refractivity contribution in [2.24, 2.45) is 0 Å². The normalized spacial score (nSPS) is 15.8. The van der Waals surface area contributed by atoms with E-state index in [9.17, 15) is 15.0 Å². The Morgan fingerprint density at radius 1 is 1.17 bits per heavy atom. The zero-order valence-electron chi connectivity index (χ0n) is 14.8. The summed E-state index contributed by atoms with van der Waals surface area (Å²) in [5.74, 6) is -0.829. The number of methoxy groups -OCH3 is 1. The van der Waals surface area contributed by atoms with E-state index in [-0.39, 0.29) is 13.2 Å². The Morgan fingerprint density at radius 2 is 1.92 bits per heavy atom. The summed E-state index contributed by atoms with van der Waals surface area (Å²) in [4.78, 5) is 10.4. The van der Waals surface area contributed by atoms with Crippen molar-refractivity contribution in [1.29, 1.82) is 0 Å². The molecule has 0 radical (unpaired) electrons. The molecule has 3 N–H and O–H groups in total. The van der Waals surface area contributed by atoms with Gasteiger partial charge in [-0.05, 0) is 32.1 Å². The van der Waals surface area contributed by atoms with Gasteiger partial charge >= 0.3 is 5.97 Å². The van der Waals surface area contributed by atoms with Gasteiger partial charge in [0, 0.05) is 13.5 Å². The summed E-state index contributed by atoms with van der Waals surface area (Å²) in [5, 5.41) is 28.6. The third-order valence-electron chi connectivity index (χ3n) is 3.44. The van der Waals surface area contributed by atoms with Gasteiger partial charge in [0.15, 0.2) is 0 Å². The van der Waals surface area contributed by atoms with Crippen molar-refractivity contribution in [2.75, 3.05) is 13.9 Å². The fourth-order valence-electron chi connectivity index (χ4n) is 2.07. The van der Waals surface area contributed by atoms with Gasteiger partial charge in [-0.25, -0.2) is 0 Å². The second-order valence-corrected chi connectivity index (χ2v) is 5.69. The van der Waals surface area contributed by atoms with Gasteiger partial charge in [-0.3, -0.25) is 4.79 Å². The SMILES string of the molecule is CCC/C=C\C[C@H](OCOC)[C@H](O)/C=C/[C@H](O)CCCCC(=O)O. The summed E-state index contributed by atoms with van der Waals surface area (Å²) in [6.07, 6.45) is 9.44. The number of hydrogen-bond acceptors (Lipinski definition) is 5. The molecular weight excluding hydrogens is 312 g/mol. The maximum atomic E-state index is 10.4. The smallest absolute Gasteiger partial charge is 0.303 e. The Balaban J connectivity index is 4.28. The van der Waals surface area contributed by atoms with Gasteiger partial charge < -0.3 is 24.8 Å². The molecule has 0 aliphatic heterocycles. The van der Waals surface area contributed by atoms with Crippen LogP contribution in [-0.4, -0.2) is 53.5 Å². The van der Waals surface area contributed by atoms with Crippen LogP contribution in [0.3, 0.4) is 0 Å². The lowest BCUT2D eigenvalue weighted by molar-refractivity contribution is -0.137. The molecule has 0 unspecified atom stereocenters. The van der Waals surface area contributed by atoms with Crippen LogP contribution in [0.5, 0.6) is 0 Å². The summed E-state index contributed by atoms with van der Waals surface area (Å²) < 4.78 is 10.4. The van der Waals surface area contributed by atoms with E-state index in [4.69, 9.17) is 14.6 Å². The molecule has 0 aromatic heterocycles. The van der Waals surface area contributed by atoms with E-state index in [0.717, 1.165) is 12.8 Å². The summed E-state index contributed by atoms with van der Waals surface area (Å²) in [6.45, 7) is 2.19. The first-order chi connectivity index (χ1) is 11.5. The van der Waals surface area contributed by atoms with Crippen LogP contribution in [0.15, 0.2) is 24.3 Å². The number of rotatable bonds is 15. The van der Waals surface area contributed by atoms with Crippen molar-refractivity contribution in [3.05, 3.63) is 24.3 Å². The lowest BCUT2D eigenvalue weighted by atomic mass is 10.1. The Labute approximate surface area is 144 Å². The highest BCUT2D eigenvalue weighted by Gasteiger charge is 2.16. The second kappa shape index (κ2) is 15.3. The molecule has 0 aromatic carbocycles. The Hall–Kier alpha value is -1.21. The van der Waals surface area contributed by atoms with Crippen LogP contribution in [0, 0.1) is 0 Å². The highest BCUT2D eigenvalue weighted by atomic mass is 16.7. The lowest BCUT2D eigenvalue weighted by Gasteiger charge is -2.19. The molecule has 0 aliphatic carbocycles. The molecule has 0 rings (SSSR count). The predicted octanol–water partition coefficient (Wildman–Crippen LogP) is 2.64. The number of aliphatic hydroxyl groups excluding tert-OH is 2. The minimum absolute atomic E-state index is 0.0922. The zero-order valence-corrected chi connectivity index (χ0v) is 14.8. The molecule has 0 saturated heterocycles. The van der Waals surface area contributed by atoms with Gasteiger partial charge in [0.2, 0.25) is 0 Å². The van der Waals surface area contributed by atoms with Crippen LogP contribution in [0.1, 0.15) is 51.9 Å². The van der Waals surface area contributed by atoms with E-state index in [1.54, 1.807) is 0 Å². The van der Waals surface area contributed by atoms with Gasteiger partial charge in [-0.1, -0.05) is 37.6 Å². The van der Waals surface area contributed by atoms with E-state index < -0.39 is 24.3 Å². The number of ether oxygens (including phenoxy) is 2. The number of hydrogen-bond donors (Lipinski definition) is 3. The topological polar surface area (TPSA) is 96.2 Å². The lowest BCUT2D eigenvalue weighted by Crippen LogP contribution is -2.28. The van der Waals surface area contributed by atoms with Crippen LogP contribution in [0.4, 0.5) is 0 Å². The second-order valence-electron chi connectivity index (χ2n) is 5.69. The van der Waals surface area contributed by atoms with Crippen LogP contribution < -0.4 is 0 Å². The molecule has 140 valence electrons. The Bertz CT molecular complexity index is 367. The molecule has 0 aliphatic rings. The molecule has 0 amide bonds. The molecule has 6 heteroatoms. The van der Waals surface area contributed by atoms with Crippen molar-refractivity contribution in [1.82, 2.24) is 0 Å². The summed E-state index contributed by atoms with van der Waals surface area (Å²) in [5.41, 5.74) is 0. The van der Waals surface area contributed by atoms with Crippen LogP contribution in [0.25, 0.3) is 0 Å². The summed E-state index contributed by atoms with van der Waals surface area (Å²) in [7, 11) is 1.52. The van der Waals surface area contributed by atoms with E-state index >= 15 is 0 Å². The van der Waals surface area contributed by atoms with Gasteiger partial charge in [-0.15, -0.1) is 0 Å². The number of carboxylic acid groups (broad SMARTS) is 1. The molecule has 24 heavy (non-hydrogen) atoms. The molecule has 0 bridgehead atoms. The first-order valence-electron chi connectivity index (χ1n) is 8.53. The number of carboxylic acids is 1. The molecule has 6 nitrogen and oxygen atoms in total. The van der Waals surface area contributed by atoms with Crippen LogP contribution in [0.2, 0.25) is 0 Å². The molecule has 0 saturated carbocycles. The minimum atomic E-state index is -0.847. The van der Waals surface area contributed by atoms with Gasteiger partial charge in [0.1, 0.15) is 6.79 Å². The number of unbranched alkanes of at least 4 members (excludes halogenated alkanes) is 2. The molecule has 0 fully saturated rings. The van der Waals surface area contributed by atoms with Crippen molar-refractivity contribution in [2.45, 2.75) is 70.2 Å². The third-order valence-corrected chi connectivity index (χ3v) is 3.44. The third kappa shape index (κ3) is 13.2. The average Bonchev–Trinajstić information content (AvgIpc) is 2.55. The van der Waals surface area contributed by atoms with Gasteiger partial charge in [0.25, 0.3) is 0 Å². The summed E-state index contributed by atoms with van der Waals surface area (Å²) >= 11 is 0. The van der Waals surface area contributed by atoms with Crippen LogP contribution >= 0.6 is 0 Å². The van der Waals surface area contributed by atoms with Crippen molar-refractivity contribution in [3.8, 4) is 0 Å². The van der Waals surface area contributed by atoms with Crippen molar-refractivity contribution < 1.29 is 29.6 Å². The number of aliphatic hydroxyl groups is 2. The Kier molecular flexibility index (Phi) is 14.6. The highest BCUT2D eigenvalue weighted by molar-refractivity contribution is 5.66. The Morgan fingerprint density at radius 3 is 2.54 bits per heavy atom.